The maximum absolute atomic E-state index is 11.7. The largest absolute Gasteiger partial charge is 0.469 e. The maximum Gasteiger partial charge on any atom is 0.315 e. The Morgan fingerprint density at radius 2 is 1.90 bits per heavy atom. The van der Waals surface area contributed by atoms with Crippen molar-refractivity contribution in [2.75, 3.05) is 13.7 Å². The van der Waals surface area contributed by atoms with Gasteiger partial charge in [0.2, 0.25) is 0 Å². The van der Waals surface area contributed by atoms with Gasteiger partial charge in [-0.2, -0.15) is 0 Å². The Kier molecular flexibility index (Phi) is 7.17. The first-order valence-electron chi connectivity index (χ1n) is 6.79. The number of esters is 1. The standard InChI is InChI=1S/C15H22N2O3/c1-12(13-8-4-3-5-9-13)17-15(19)16-11-7-6-10-14(18)20-2/h3-5,8-9,12H,6-7,10-11H2,1-2H3,(H2,16,17,19). The molecule has 110 valence electrons. The first-order valence-corrected chi connectivity index (χ1v) is 6.79. The molecule has 0 saturated heterocycles. The van der Waals surface area contributed by atoms with Gasteiger partial charge in [0.1, 0.15) is 0 Å². The van der Waals surface area contributed by atoms with Gasteiger partial charge >= 0.3 is 12.0 Å². The topological polar surface area (TPSA) is 67.4 Å². The summed E-state index contributed by atoms with van der Waals surface area (Å²) < 4.78 is 4.54. The van der Waals surface area contributed by atoms with Crippen LogP contribution in [0, 0.1) is 0 Å². The summed E-state index contributed by atoms with van der Waals surface area (Å²) in [7, 11) is 1.37. The molecule has 1 atom stereocenters. The molecule has 0 heterocycles. The van der Waals surface area contributed by atoms with E-state index < -0.39 is 0 Å². The molecule has 0 aliphatic rings. The summed E-state index contributed by atoms with van der Waals surface area (Å²) in [5, 5.41) is 5.64. The van der Waals surface area contributed by atoms with Crippen molar-refractivity contribution in [3.63, 3.8) is 0 Å². The molecule has 20 heavy (non-hydrogen) atoms. The number of carbonyl (C=O) groups excluding carboxylic acids is 2. The van der Waals surface area contributed by atoms with Gasteiger partial charge in [0.05, 0.1) is 13.2 Å². The van der Waals surface area contributed by atoms with Gasteiger partial charge in [-0.25, -0.2) is 4.79 Å². The highest BCUT2D eigenvalue weighted by molar-refractivity contribution is 5.74. The van der Waals surface area contributed by atoms with E-state index in [0.717, 1.165) is 12.0 Å². The lowest BCUT2D eigenvalue weighted by Crippen LogP contribution is -2.37. The van der Waals surface area contributed by atoms with Gasteiger partial charge in [-0.05, 0) is 25.3 Å². The first-order chi connectivity index (χ1) is 9.63. The Labute approximate surface area is 119 Å². The maximum atomic E-state index is 11.7. The number of nitrogens with one attached hydrogen (secondary N) is 2. The van der Waals surface area contributed by atoms with Crippen LogP contribution in [0.1, 0.15) is 37.8 Å². The van der Waals surface area contributed by atoms with E-state index in [2.05, 4.69) is 15.4 Å². The zero-order valence-corrected chi connectivity index (χ0v) is 12.0. The van der Waals surface area contributed by atoms with Crippen LogP contribution in [0.2, 0.25) is 0 Å². The van der Waals surface area contributed by atoms with Crippen LogP contribution < -0.4 is 10.6 Å². The van der Waals surface area contributed by atoms with E-state index in [1.807, 2.05) is 37.3 Å². The van der Waals surface area contributed by atoms with Crippen LogP contribution in [0.4, 0.5) is 4.79 Å². The minimum atomic E-state index is -0.216. The lowest BCUT2D eigenvalue weighted by molar-refractivity contribution is -0.140. The average Bonchev–Trinajstić information content (AvgIpc) is 2.47. The van der Waals surface area contributed by atoms with E-state index in [0.29, 0.717) is 19.4 Å². The molecule has 0 aliphatic carbocycles. The number of ether oxygens (including phenoxy) is 1. The molecule has 5 heteroatoms. The Balaban J connectivity index is 2.16. The van der Waals surface area contributed by atoms with Crippen LogP contribution in [0.25, 0.3) is 0 Å². The number of hydrogen-bond donors (Lipinski definition) is 2. The van der Waals surface area contributed by atoms with Gasteiger partial charge in [-0.3, -0.25) is 4.79 Å². The predicted molar refractivity (Wildman–Crippen MR) is 77.3 cm³/mol. The molecule has 0 spiro atoms. The molecule has 2 N–H and O–H groups in total. The number of benzene rings is 1. The van der Waals surface area contributed by atoms with Crippen molar-refractivity contribution in [1.82, 2.24) is 10.6 Å². The fraction of sp³-hybridized carbons (Fsp3) is 0.467. The SMILES string of the molecule is COC(=O)CCCCNC(=O)NC(C)c1ccccc1. The van der Waals surface area contributed by atoms with Crippen molar-refractivity contribution >= 4 is 12.0 Å². The molecule has 1 aromatic carbocycles. The minimum absolute atomic E-state index is 0.0359. The molecule has 1 aromatic rings. The number of unbranched alkanes of at least 4 members (excludes halogenated alkanes) is 1. The number of hydrogen-bond acceptors (Lipinski definition) is 3. The van der Waals surface area contributed by atoms with Gasteiger partial charge in [-0.15, -0.1) is 0 Å². The van der Waals surface area contributed by atoms with E-state index >= 15 is 0 Å². The zero-order chi connectivity index (χ0) is 14.8. The van der Waals surface area contributed by atoms with E-state index in [4.69, 9.17) is 0 Å². The lowest BCUT2D eigenvalue weighted by Gasteiger charge is -2.14. The second kappa shape index (κ2) is 8.96. The quantitative estimate of drug-likeness (QED) is 0.594. The van der Waals surface area contributed by atoms with E-state index in [9.17, 15) is 9.59 Å². The Hall–Kier alpha value is -2.04. The highest BCUT2D eigenvalue weighted by atomic mass is 16.5. The fourth-order valence-electron chi connectivity index (χ4n) is 1.77. The summed E-state index contributed by atoms with van der Waals surface area (Å²) in [6.07, 6.45) is 1.85. The number of carbonyl (C=O) groups is 2. The molecule has 5 nitrogen and oxygen atoms in total. The molecule has 1 unspecified atom stereocenters. The van der Waals surface area contributed by atoms with Crippen molar-refractivity contribution in [1.29, 1.82) is 0 Å². The van der Waals surface area contributed by atoms with Crippen LogP contribution in [0.5, 0.6) is 0 Å². The molecule has 0 aliphatic heterocycles. The van der Waals surface area contributed by atoms with Gasteiger partial charge < -0.3 is 15.4 Å². The van der Waals surface area contributed by atoms with Crippen LogP contribution in [-0.4, -0.2) is 25.7 Å². The number of methoxy groups -OCH3 is 1. The summed E-state index contributed by atoms with van der Waals surface area (Å²) in [6, 6.07) is 9.54. The Morgan fingerprint density at radius 3 is 2.55 bits per heavy atom. The summed E-state index contributed by atoms with van der Waals surface area (Å²) in [4.78, 5) is 22.6. The highest BCUT2D eigenvalue weighted by Gasteiger charge is 2.08. The molecule has 2 amide bonds. The molecule has 0 radical (unpaired) electrons. The van der Waals surface area contributed by atoms with Crippen LogP contribution >= 0.6 is 0 Å². The third-order valence-corrected chi connectivity index (χ3v) is 2.97. The van der Waals surface area contributed by atoms with E-state index in [-0.39, 0.29) is 18.0 Å². The van der Waals surface area contributed by atoms with E-state index in [1.165, 1.54) is 7.11 Å². The summed E-state index contributed by atoms with van der Waals surface area (Å²) in [6.45, 7) is 2.48. The summed E-state index contributed by atoms with van der Waals surface area (Å²) >= 11 is 0. The van der Waals surface area contributed by atoms with Crippen molar-refractivity contribution in [3.8, 4) is 0 Å². The number of rotatable bonds is 7. The molecule has 0 aromatic heterocycles. The third-order valence-electron chi connectivity index (χ3n) is 2.97. The average molecular weight is 278 g/mol. The highest BCUT2D eigenvalue weighted by Crippen LogP contribution is 2.10. The second-order valence-electron chi connectivity index (χ2n) is 4.57. The molecule has 0 saturated carbocycles. The van der Waals surface area contributed by atoms with Gasteiger partial charge in [0.15, 0.2) is 0 Å². The van der Waals surface area contributed by atoms with E-state index in [1.54, 1.807) is 0 Å². The predicted octanol–water partition coefficient (Wildman–Crippen LogP) is 2.39. The van der Waals surface area contributed by atoms with Gasteiger partial charge in [-0.1, -0.05) is 30.3 Å². The Bertz CT molecular complexity index is 420. The molecular formula is C15H22N2O3. The molecular weight excluding hydrogens is 256 g/mol. The van der Waals surface area contributed by atoms with Crippen molar-refractivity contribution < 1.29 is 14.3 Å². The smallest absolute Gasteiger partial charge is 0.315 e. The first kappa shape index (κ1) is 16.0. The minimum Gasteiger partial charge on any atom is -0.469 e. The summed E-state index contributed by atoms with van der Waals surface area (Å²) in [5.74, 6) is -0.216. The lowest BCUT2D eigenvalue weighted by atomic mass is 10.1. The third kappa shape index (κ3) is 6.22. The molecule has 1 rings (SSSR count). The van der Waals surface area contributed by atoms with Crippen LogP contribution in [0.3, 0.4) is 0 Å². The summed E-state index contributed by atoms with van der Waals surface area (Å²) in [5.41, 5.74) is 1.06. The fourth-order valence-corrected chi connectivity index (χ4v) is 1.77. The Morgan fingerprint density at radius 1 is 1.20 bits per heavy atom. The monoisotopic (exact) mass is 278 g/mol. The van der Waals surface area contributed by atoms with Crippen LogP contribution in [0.15, 0.2) is 30.3 Å². The zero-order valence-electron chi connectivity index (χ0n) is 12.0. The van der Waals surface area contributed by atoms with Crippen LogP contribution in [-0.2, 0) is 9.53 Å². The number of amides is 2. The normalized spacial score (nSPS) is 11.5. The molecule has 0 fully saturated rings. The van der Waals surface area contributed by atoms with Gasteiger partial charge in [0.25, 0.3) is 0 Å². The molecule has 0 bridgehead atoms. The van der Waals surface area contributed by atoms with Crippen molar-refractivity contribution in [3.05, 3.63) is 35.9 Å². The van der Waals surface area contributed by atoms with Crippen molar-refractivity contribution in [2.45, 2.75) is 32.2 Å². The van der Waals surface area contributed by atoms with Gasteiger partial charge in [0, 0.05) is 13.0 Å². The second-order valence-corrected chi connectivity index (χ2v) is 4.57. The van der Waals surface area contributed by atoms with Crippen molar-refractivity contribution in [2.24, 2.45) is 0 Å². The number of urea groups is 1.